The van der Waals surface area contributed by atoms with E-state index in [0.29, 0.717) is 12.1 Å². The van der Waals surface area contributed by atoms with E-state index in [9.17, 15) is 9.59 Å². The zero-order valence-corrected chi connectivity index (χ0v) is 15.6. The lowest BCUT2D eigenvalue weighted by Crippen LogP contribution is -2.44. The van der Waals surface area contributed by atoms with E-state index < -0.39 is 5.60 Å². The van der Waals surface area contributed by atoms with Crippen LogP contribution in [0.25, 0.3) is 0 Å². The first-order valence-electron chi connectivity index (χ1n) is 7.98. The molecule has 2 rings (SSSR count). The van der Waals surface area contributed by atoms with E-state index in [1.165, 1.54) is 0 Å². The second-order valence-electron chi connectivity index (χ2n) is 6.89. The Kier molecular flexibility index (Phi) is 5.84. The number of carbonyl (C=O) groups excluding carboxylic acids is 2. The van der Waals surface area contributed by atoms with Gasteiger partial charge in [-0.1, -0.05) is 34.1 Å². The maximum absolute atomic E-state index is 12.6. The van der Waals surface area contributed by atoms with Crippen molar-refractivity contribution in [2.45, 2.75) is 45.1 Å². The summed E-state index contributed by atoms with van der Waals surface area (Å²) >= 11 is 3.46. The lowest BCUT2D eigenvalue weighted by Gasteiger charge is -2.34. The molecule has 1 aliphatic heterocycles. The molecule has 0 N–H and O–H groups in total. The average Bonchev–Trinajstić information content (AvgIpc) is 2.47. The SMILES string of the molecule is CC(C)(C)OC(=O)CN1C[C@@H](CCCBr)c2ccccc2C1=O. The van der Waals surface area contributed by atoms with Gasteiger partial charge in [-0.15, -0.1) is 0 Å². The summed E-state index contributed by atoms with van der Waals surface area (Å²) in [5.41, 5.74) is 1.27. The summed E-state index contributed by atoms with van der Waals surface area (Å²) in [5, 5.41) is 0.936. The molecule has 5 heteroatoms. The number of alkyl halides is 1. The summed E-state index contributed by atoms with van der Waals surface area (Å²) in [6, 6.07) is 7.71. The minimum absolute atomic E-state index is 0.00918. The summed E-state index contributed by atoms with van der Waals surface area (Å²) < 4.78 is 5.35. The molecule has 1 aromatic rings. The summed E-state index contributed by atoms with van der Waals surface area (Å²) in [5.74, 6) is -0.171. The smallest absolute Gasteiger partial charge is 0.326 e. The van der Waals surface area contributed by atoms with Crippen LogP contribution < -0.4 is 0 Å². The highest BCUT2D eigenvalue weighted by molar-refractivity contribution is 9.09. The molecule has 0 spiro atoms. The molecule has 1 heterocycles. The van der Waals surface area contributed by atoms with Gasteiger partial charge in [0.1, 0.15) is 12.1 Å². The molecule has 1 aliphatic rings. The molecule has 1 atom stereocenters. The number of nitrogens with zero attached hydrogens (tertiary/aromatic N) is 1. The Morgan fingerprint density at radius 1 is 1.35 bits per heavy atom. The van der Waals surface area contributed by atoms with Gasteiger partial charge in [-0.2, -0.15) is 0 Å². The van der Waals surface area contributed by atoms with Crippen molar-refractivity contribution < 1.29 is 14.3 Å². The van der Waals surface area contributed by atoms with E-state index in [1.54, 1.807) is 4.90 Å². The second-order valence-corrected chi connectivity index (χ2v) is 7.68. The van der Waals surface area contributed by atoms with Crippen molar-refractivity contribution in [2.75, 3.05) is 18.4 Å². The third kappa shape index (κ3) is 4.80. The highest BCUT2D eigenvalue weighted by atomic mass is 79.9. The van der Waals surface area contributed by atoms with Crippen LogP contribution in [0.4, 0.5) is 0 Å². The normalized spacial score (nSPS) is 17.8. The molecule has 4 nitrogen and oxygen atoms in total. The Morgan fingerprint density at radius 3 is 2.70 bits per heavy atom. The molecule has 0 saturated heterocycles. The fourth-order valence-corrected chi connectivity index (χ4v) is 3.23. The number of carbonyl (C=O) groups is 2. The maximum Gasteiger partial charge on any atom is 0.326 e. The van der Waals surface area contributed by atoms with Crippen LogP contribution in [0.1, 0.15) is 55.5 Å². The van der Waals surface area contributed by atoms with Gasteiger partial charge in [0.05, 0.1) is 0 Å². The predicted octanol–water partition coefficient (Wildman–Crippen LogP) is 3.74. The Bertz CT molecular complexity index is 580. The minimum atomic E-state index is -0.539. The van der Waals surface area contributed by atoms with Gasteiger partial charge in [-0.05, 0) is 45.2 Å². The molecule has 0 aromatic heterocycles. The number of rotatable bonds is 5. The number of amides is 1. The van der Waals surface area contributed by atoms with Crippen LogP contribution in [0.3, 0.4) is 0 Å². The number of esters is 1. The standard InChI is InChI=1S/C18H24BrNO3/c1-18(2,3)23-16(21)12-20-11-13(7-6-10-19)14-8-4-5-9-15(14)17(20)22/h4-5,8-9,13H,6-7,10-12H2,1-3H3/t13-/m1/s1. The highest BCUT2D eigenvalue weighted by Crippen LogP contribution is 2.31. The first-order chi connectivity index (χ1) is 10.8. The largest absolute Gasteiger partial charge is 0.459 e. The van der Waals surface area contributed by atoms with Crippen molar-refractivity contribution in [1.29, 1.82) is 0 Å². The van der Waals surface area contributed by atoms with Crippen LogP contribution in [0.15, 0.2) is 24.3 Å². The van der Waals surface area contributed by atoms with Gasteiger partial charge in [0, 0.05) is 23.4 Å². The monoisotopic (exact) mass is 381 g/mol. The first kappa shape index (κ1) is 18.0. The fourth-order valence-electron chi connectivity index (χ4n) is 2.90. The van der Waals surface area contributed by atoms with Crippen LogP contribution in [0, 0.1) is 0 Å². The Hall–Kier alpha value is -1.36. The topological polar surface area (TPSA) is 46.6 Å². The van der Waals surface area contributed by atoms with Crippen molar-refractivity contribution in [3.8, 4) is 0 Å². The lowest BCUT2D eigenvalue weighted by atomic mass is 9.86. The number of ether oxygens (including phenoxy) is 1. The van der Waals surface area contributed by atoms with Gasteiger partial charge < -0.3 is 9.64 Å². The summed E-state index contributed by atoms with van der Waals surface area (Å²) in [4.78, 5) is 26.3. The second kappa shape index (κ2) is 7.47. The van der Waals surface area contributed by atoms with Gasteiger partial charge in [0.15, 0.2) is 0 Å². The van der Waals surface area contributed by atoms with Gasteiger partial charge in [0.2, 0.25) is 0 Å². The Labute approximate surface area is 146 Å². The van der Waals surface area contributed by atoms with E-state index in [1.807, 2.05) is 45.0 Å². The number of halogens is 1. The van der Waals surface area contributed by atoms with Crippen molar-refractivity contribution in [3.05, 3.63) is 35.4 Å². The van der Waals surface area contributed by atoms with Gasteiger partial charge in [0.25, 0.3) is 5.91 Å². The fraction of sp³-hybridized carbons (Fsp3) is 0.556. The van der Waals surface area contributed by atoms with Crippen LogP contribution in [0.5, 0.6) is 0 Å². The van der Waals surface area contributed by atoms with E-state index >= 15 is 0 Å². The summed E-state index contributed by atoms with van der Waals surface area (Å²) in [6.07, 6.45) is 2.02. The highest BCUT2D eigenvalue weighted by Gasteiger charge is 2.32. The maximum atomic E-state index is 12.6. The molecule has 0 radical (unpaired) electrons. The third-order valence-corrected chi connectivity index (χ3v) is 4.35. The molecule has 1 aromatic carbocycles. The van der Waals surface area contributed by atoms with E-state index in [4.69, 9.17) is 4.74 Å². The van der Waals surface area contributed by atoms with Gasteiger partial charge >= 0.3 is 5.97 Å². The molecule has 126 valence electrons. The Balaban J connectivity index is 2.16. The molecule has 23 heavy (non-hydrogen) atoms. The Morgan fingerprint density at radius 2 is 2.04 bits per heavy atom. The lowest BCUT2D eigenvalue weighted by molar-refractivity contribution is -0.155. The molecular formula is C18H24BrNO3. The van der Waals surface area contributed by atoms with E-state index in [-0.39, 0.29) is 24.3 Å². The predicted molar refractivity (Wildman–Crippen MR) is 94.0 cm³/mol. The van der Waals surface area contributed by atoms with Crippen LogP contribution in [0.2, 0.25) is 0 Å². The van der Waals surface area contributed by atoms with E-state index in [2.05, 4.69) is 15.9 Å². The molecule has 0 saturated carbocycles. The molecule has 0 unspecified atom stereocenters. The zero-order chi connectivity index (χ0) is 17.0. The van der Waals surface area contributed by atoms with E-state index in [0.717, 1.165) is 23.7 Å². The third-order valence-electron chi connectivity index (χ3n) is 3.79. The van der Waals surface area contributed by atoms with Crippen molar-refractivity contribution in [3.63, 3.8) is 0 Å². The van der Waals surface area contributed by atoms with Crippen LogP contribution in [-0.2, 0) is 9.53 Å². The molecule has 0 bridgehead atoms. The van der Waals surface area contributed by atoms with Gasteiger partial charge in [-0.3, -0.25) is 9.59 Å². The molecule has 0 fully saturated rings. The number of fused-ring (bicyclic) bond motifs is 1. The van der Waals surface area contributed by atoms with Crippen molar-refractivity contribution >= 4 is 27.8 Å². The quantitative estimate of drug-likeness (QED) is 0.576. The molecule has 0 aliphatic carbocycles. The van der Waals surface area contributed by atoms with Crippen molar-refractivity contribution in [2.24, 2.45) is 0 Å². The van der Waals surface area contributed by atoms with Crippen LogP contribution >= 0.6 is 15.9 Å². The van der Waals surface area contributed by atoms with Crippen LogP contribution in [-0.4, -0.2) is 40.8 Å². The van der Waals surface area contributed by atoms with Crippen molar-refractivity contribution in [1.82, 2.24) is 4.90 Å². The first-order valence-corrected chi connectivity index (χ1v) is 9.10. The number of hydrogen-bond donors (Lipinski definition) is 0. The zero-order valence-electron chi connectivity index (χ0n) is 14.0. The molecule has 1 amide bonds. The minimum Gasteiger partial charge on any atom is -0.459 e. The number of benzene rings is 1. The number of hydrogen-bond acceptors (Lipinski definition) is 3. The summed E-state index contributed by atoms with van der Waals surface area (Å²) in [6.45, 7) is 6.07. The average molecular weight is 382 g/mol. The van der Waals surface area contributed by atoms with Gasteiger partial charge in [-0.25, -0.2) is 0 Å². The molecular weight excluding hydrogens is 358 g/mol. The summed E-state index contributed by atoms with van der Waals surface area (Å²) in [7, 11) is 0.